The van der Waals surface area contributed by atoms with E-state index >= 15 is 0 Å². The Morgan fingerprint density at radius 2 is 1.57 bits per heavy atom. The van der Waals surface area contributed by atoms with Crippen molar-refractivity contribution in [2.45, 2.75) is 58.0 Å². The molecule has 1 aromatic heterocycles. The molecule has 0 fully saturated rings. The van der Waals surface area contributed by atoms with Crippen LogP contribution in [0.4, 0.5) is 0 Å². The number of hydrazine groups is 1. The van der Waals surface area contributed by atoms with Crippen LogP contribution >= 0.6 is 0 Å². The summed E-state index contributed by atoms with van der Waals surface area (Å²) in [5.41, 5.74) is 4.16. The molecule has 0 aliphatic heterocycles. The highest BCUT2D eigenvalue weighted by Gasteiger charge is 2.24. The first-order valence-corrected chi connectivity index (χ1v) is 12.5. The number of carbonyl (C=O) groups excluding carboxylic acids is 2. The Hall–Kier alpha value is -3.57. The topological polar surface area (TPSA) is 139 Å². The number of sulfonamides is 1. The third kappa shape index (κ3) is 5.75. The molecule has 2 aromatic carbocycles. The molecule has 0 unspecified atom stereocenters. The summed E-state index contributed by atoms with van der Waals surface area (Å²) in [5.74, 6) is -1.43. The smallest absolute Gasteiger partial charge is 0.267 e. The predicted molar refractivity (Wildman–Crippen MR) is 133 cm³/mol. The fourth-order valence-corrected chi connectivity index (χ4v) is 4.88. The van der Waals surface area contributed by atoms with Crippen LogP contribution in [0.1, 0.15) is 67.1 Å². The first-order chi connectivity index (χ1) is 16.2. The van der Waals surface area contributed by atoms with Gasteiger partial charge in [-0.1, -0.05) is 24.3 Å². The van der Waals surface area contributed by atoms with Crippen molar-refractivity contribution in [2.24, 2.45) is 0 Å². The Morgan fingerprint density at radius 1 is 0.971 bits per heavy atom. The highest BCUT2D eigenvalue weighted by atomic mass is 32.2. The number of fused-ring (bicyclic) bond motifs is 1. The lowest BCUT2D eigenvalue weighted by molar-refractivity contribution is 0.0843. The van der Waals surface area contributed by atoms with Gasteiger partial charge in [0.1, 0.15) is 0 Å². The van der Waals surface area contributed by atoms with Gasteiger partial charge in [0.2, 0.25) is 10.0 Å². The first-order valence-electron chi connectivity index (χ1n) is 11.0. The van der Waals surface area contributed by atoms with E-state index in [9.17, 15) is 22.8 Å². The van der Waals surface area contributed by atoms with E-state index in [1.165, 1.54) is 22.9 Å². The van der Waals surface area contributed by atoms with Crippen LogP contribution < -0.4 is 21.1 Å². The molecule has 0 spiro atoms. The SMILES string of the molecule is Cc1ccc(S(=O)(=O)NC(C)(C)C)cc1C(=O)NNC(=O)c1nn(C(C)C)c(=O)c2ccccc12. The zero-order valence-electron chi connectivity index (χ0n) is 20.5. The molecule has 10 nitrogen and oxygen atoms in total. The minimum absolute atomic E-state index is 0.0309. The monoisotopic (exact) mass is 499 g/mol. The van der Waals surface area contributed by atoms with Gasteiger partial charge in [-0.25, -0.2) is 17.8 Å². The fraction of sp³-hybridized carbons (Fsp3) is 0.333. The summed E-state index contributed by atoms with van der Waals surface area (Å²) < 4.78 is 29.1. The van der Waals surface area contributed by atoms with Gasteiger partial charge in [-0.2, -0.15) is 5.10 Å². The van der Waals surface area contributed by atoms with Crippen LogP contribution in [0.5, 0.6) is 0 Å². The molecule has 2 amide bonds. The largest absolute Gasteiger partial charge is 0.290 e. The van der Waals surface area contributed by atoms with Crippen LogP contribution in [0.2, 0.25) is 0 Å². The predicted octanol–water partition coefficient (Wildman–Crippen LogP) is 2.44. The number of nitrogens with one attached hydrogen (secondary N) is 3. The lowest BCUT2D eigenvalue weighted by Gasteiger charge is -2.20. The number of aryl methyl sites for hydroxylation is 1. The Balaban J connectivity index is 1.89. The van der Waals surface area contributed by atoms with Crippen LogP contribution in [0, 0.1) is 6.92 Å². The van der Waals surface area contributed by atoms with E-state index in [1.54, 1.807) is 65.8 Å². The van der Waals surface area contributed by atoms with E-state index in [0.717, 1.165) is 0 Å². The minimum atomic E-state index is -3.87. The van der Waals surface area contributed by atoms with Gasteiger partial charge in [0.05, 0.1) is 16.3 Å². The van der Waals surface area contributed by atoms with Crippen LogP contribution in [0.25, 0.3) is 10.8 Å². The second-order valence-corrected chi connectivity index (χ2v) is 11.2. The number of benzene rings is 2. The van der Waals surface area contributed by atoms with E-state index in [0.29, 0.717) is 16.3 Å². The highest BCUT2D eigenvalue weighted by Crippen LogP contribution is 2.18. The fourth-order valence-electron chi connectivity index (χ4n) is 3.44. The van der Waals surface area contributed by atoms with Gasteiger partial charge in [0.25, 0.3) is 17.4 Å². The summed E-state index contributed by atoms with van der Waals surface area (Å²) in [4.78, 5) is 38.4. The average molecular weight is 500 g/mol. The number of rotatable bonds is 5. The Morgan fingerprint density at radius 3 is 2.17 bits per heavy atom. The quantitative estimate of drug-likeness (QED) is 0.461. The standard InChI is InChI=1S/C24H29N5O5S/c1-14(2)29-23(32)18-10-8-7-9-17(18)20(27-29)22(31)26-25-21(30)19-13-16(12-11-15(19)3)35(33,34)28-24(4,5)6/h7-14,28H,1-6H3,(H,25,30)(H,26,31). The Bertz CT molecular complexity index is 1470. The lowest BCUT2D eigenvalue weighted by atomic mass is 10.1. The van der Waals surface area contributed by atoms with Crippen molar-refractivity contribution in [3.8, 4) is 0 Å². The molecule has 3 N–H and O–H groups in total. The lowest BCUT2D eigenvalue weighted by Crippen LogP contribution is -2.43. The van der Waals surface area contributed by atoms with Crippen molar-refractivity contribution in [2.75, 3.05) is 0 Å². The molecule has 0 atom stereocenters. The maximum atomic E-state index is 12.9. The van der Waals surface area contributed by atoms with Crippen LogP contribution in [-0.2, 0) is 10.0 Å². The number of amides is 2. The highest BCUT2D eigenvalue weighted by molar-refractivity contribution is 7.89. The molecule has 3 rings (SSSR count). The second kappa shape index (κ2) is 9.59. The molecule has 11 heteroatoms. The van der Waals surface area contributed by atoms with Crippen molar-refractivity contribution < 1.29 is 18.0 Å². The third-order valence-electron chi connectivity index (χ3n) is 5.03. The first kappa shape index (κ1) is 26.0. The minimum Gasteiger partial charge on any atom is -0.267 e. The molecule has 186 valence electrons. The van der Waals surface area contributed by atoms with Gasteiger partial charge >= 0.3 is 0 Å². The number of hydrogen-bond acceptors (Lipinski definition) is 6. The number of hydrogen-bond donors (Lipinski definition) is 3. The molecule has 0 aliphatic rings. The van der Waals surface area contributed by atoms with Crippen molar-refractivity contribution in [1.29, 1.82) is 0 Å². The van der Waals surface area contributed by atoms with Gasteiger partial charge in [0.15, 0.2) is 5.69 Å². The molecule has 0 aliphatic carbocycles. The van der Waals surface area contributed by atoms with E-state index in [4.69, 9.17) is 0 Å². The molecule has 35 heavy (non-hydrogen) atoms. The zero-order chi connectivity index (χ0) is 26.1. The average Bonchev–Trinajstić information content (AvgIpc) is 2.76. The van der Waals surface area contributed by atoms with E-state index in [-0.39, 0.29) is 27.8 Å². The van der Waals surface area contributed by atoms with Gasteiger partial charge in [-0.05, 0) is 65.3 Å². The molecular formula is C24H29N5O5S. The summed E-state index contributed by atoms with van der Waals surface area (Å²) in [7, 11) is -3.87. The number of aromatic nitrogens is 2. The molecular weight excluding hydrogens is 470 g/mol. The van der Waals surface area contributed by atoms with E-state index in [2.05, 4.69) is 20.7 Å². The van der Waals surface area contributed by atoms with Crippen molar-refractivity contribution in [3.63, 3.8) is 0 Å². The van der Waals surface area contributed by atoms with Crippen molar-refractivity contribution >= 4 is 32.6 Å². The van der Waals surface area contributed by atoms with Crippen molar-refractivity contribution in [3.05, 3.63) is 69.6 Å². The second-order valence-electron chi connectivity index (χ2n) is 9.48. The summed E-state index contributed by atoms with van der Waals surface area (Å²) in [6.45, 7) is 10.3. The molecule has 0 radical (unpaired) electrons. The molecule has 0 saturated carbocycles. The summed E-state index contributed by atoms with van der Waals surface area (Å²) >= 11 is 0. The van der Waals surface area contributed by atoms with Crippen molar-refractivity contribution in [1.82, 2.24) is 25.4 Å². The molecule has 0 bridgehead atoms. The van der Waals surface area contributed by atoms with Gasteiger partial charge in [0, 0.05) is 16.5 Å². The number of carbonyl (C=O) groups is 2. The number of nitrogens with zero attached hydrogens (tertiary/aromatic N) is 2. The van der Waals surface area contributed by atoms with Gasteiger partial charge in [-0.15, -0.1) is 0 Å². The normalized spacial score (nSPS) is 12.1. The zero-order valence-corrected chi connectivity index (χ0v) is 21.3. The van der Waals surface area contributed by atoms with Crippen LogP contribution in [-0.4, -0.2) is 35.6 Å². The summed E-state index contributed by atoms with van der Waals surface area (Å²) in [6, 6.07) is 10.5. The molecule has 0 saturated heterocycles. The molecule has 1 heterocycles. The maximum Gasteiger partial charge on any atom is 0.290 e. The molecule has 3 aromatic rings. The van der Waals surface area contributed by atoms with E-state index < -0.39 is 27.4 Å². The maximum absolute atomic E-state index is 12.9. The van der Waals surface area contributed by atoms with Gasteiger partial charge < -0.3 is 0 Å². The Labute approximate surface area is 203 Å². The van der Waals surface area contributed by atoms with E-state index in [1.807, 2.05) is 0 Å². The Kier molecular flexibility index (Phi) is 7.13. The summed E-state index contributed by atoms with van der Waals surface area (Å²) in [6.07, 6.45) is 0. The third-order valence-corrected chi connectivity index (χ3v) is 6.78. The van der Waals surface area contributed by atoms with Crippen LogP contribution in [0.15, 0.2) is 52.2 Å². The van der Waals surface area contributed by atoms with Crippen LogP contribution in [0.3, 0.4) is 0 Å². The van der Waals surface area contributed by atoms with Gasteiger partial charge in [-0.3, -0.25) is 25.2 Å². The summed E-state index contributed by atoms with van der Waals surface area (Å²) in [5, 5.41) is 4.87.